The average Bonchev–Trinajstić information content (AvgIpc) is 3.30. The molecule has 6 heteroatoms. The van der Waals surface area contributed by atoms with E-state index in [4.69, 9.17) is 0 Å². The molecule has 5 nitrogen and oxygen atoms in total. The van der Waals surface area contributed by atoms with Gasteiger partial charge in [0.2, 0.25) is 0 Å². The van der Waals surface area contributed by atoms with Crippen LogP contribution in [0.1, 0.15) is 46.6 Å². The van der Waals surface area contributed by atoms with Crippen molar-refractivity contribution in [3.63, 3.8) is 0 Å². The summed E-state index contributed by atoms with van der Waals surface area (Å²) in [7, 11) is 0. The number of hydrogen-bond donors (Lipinski definition) is 0. The van der Waals surface area contributed by atoms with Crippen LogP contribution in [-0.2, 0) is 0 Å². The molecule has 2 fully saturated rings. The Morgan fingerprint density at radius 3 is 2.56 bits per heavy atom. The summed E-state index contributed by atoms with van der Waals surface area (Å²) in [6.45, 7) is 8.13. The van der Waals surface area contributed by atoms with Crippen molar-refractivity contribution in [1.29, 1.82) is 0 Å². The van der Waals surface area contributed by atoms with Crippen LogP contribution in [0.3, 0.4) is 0 Å². The Labute approximate surface area is 165 Å². The third-order valence-electron chi connectivity index (χ3n) is 6.21. The van der Waals surface area contributed by atoms with Crippen LogP contribution in [0.15, 0.2) is 35.4 Å². The SMILES string of the molecule is CSc1ccc(C(=O)N2C[C@H]3C[C@@H]2CN3[C@@H](C)c2cnnc(C)c2C)cc1. The Balaban J connectivity index is 1.47. The van der Waals surface area contributed by atoms with Gasteiger partial charge in [-0.2, -0.15) is 10.2 Å². The molecule has 0 spiro atoms. The minimum Gasteiger partial charge on any atom is -0.333 e. The van der Waals surface area contributed by atoms with Gasteiger partial charge in [0.05, 0.1) is 11.9 Å². The molecule has 27 heavy (non-hydrogen) atoms. The van der Waals surface area contributed by atoms with E-state index in [0.717, 1.165) is 30.8 Å². The van der Waals surface area contributed by atoms with E-state index < -0.39 is 0 Å². The van der Waals surface area contributed by atoms with Crippen LogP contribution in [0, 0.1) is 13.8 Å². The van der Waals surface area contributed by atoms with Gasteiger partial charge in [-0.1, -0.05) is 0 Å². The topological polar surface area (TPSA) is 49.3 Å². The zero-order valence-electron chi connectivity index (χ0n) is 16.3. The van der Waals surface area contributed by atoms with E-state index in [1.54, 1.807) is 11.8 Å². The largest absolute Gasteiger partial charge is 0.333 e. The number of nitrogens with zero attached hydrogens (tertiary/aromatic N) is 4. The molecule has 2 aromatic rings. The van der Waals surface area contributed by atoms with Gasteiger partial charge < -0.3 is 4.90 Å². The molecule has 0 saturated carbocycles. The second-order valence-corrected chi connectivity index (χ2v) is 8.49. The Morgan fingerprint density at radius 1 is 1.19 bits per heavy atom. The number of thioether (sulfide) groups is 1. The predicted octanol–water partition coefficient (Wildman–Crippen LogP) is 3.48. The summed E-state index contributed by atoms with van der Waals surface area (Å²) in [5, 5.41) is 8.31. The fraction of sp³-hybridized carbons (Fsp3) is 0.476. The van der Waals surface area contributed by atoms with Gasteiger partial charge in [0.1, 0.15) is 0 Å². The molecule has 0 aliphatic carbocycles. The fourth-order valence-electron chi connectivity index (χ4n) is 4.48. The number of aryl methyl sites for hydroxylation is 1. The van der Waals surface area contributed by atoms with Gasteiger partial charge in [0.25, 0.3) is 5.91 Å². The van der Waals surface area contributed by atoms with Gasteiger partial charge in [-0.3, -0.25) is 9.69 Å². The van der Waals surface area contributed by atoms with Gasteiger partial charge in [0, 0.05) is 41.7 Å². The lowest BCUT2D eigenvalue weighted by atomic mass is 10.0. The van der Waals surface area contributed by atoms with E-state index in [2.05, 4.69) is 33.8 Å². The second kappa shape index (κ2) is 7.24. The maximum absolute atomic E-state index is 13.0. The quantitative estimate of drug-likeness (QED) is 0.758. The average molecular weight is 383 g/mol. The van der Waals surface area contributed by atoms with E-state index in [1.165, 1.54) is 16.0 Å². The third-order valence-corrected chi connectivity index (χ3v) is 6.95. The van der Waals surface area contributed by atoms with E-state index in [1.807, 2.05) is 43.6 Å². The molecule has 1 aromatic heterocycles. The highest BCUT2D eigenvalue weighted by Crippen LogP contribution is 2.38. The lowest BCUT2D eigenvalue weighted by molar-refractivity contribution is 0.0568. The summed E-state index contributed by atoms with van der Waals surface area (Å²) >= 11 is 1.70. The first-order valence-electron chi connectivity index (χ1n) is 9.49. The molecule has 142 valence electrons. The molecule has 0 N–H and O–H groups in total. The van der Waals surface area contributed by atoms with Crippen molar-refractivity contribution in [2.75, 3.05) is 19.3 Å². The first-order chi connectivity index (χ1) is 13.0. The number of hydrogen-bond acceptors (Lipinski definition) is 5. The number of rotatable bonds is 4. The molecule has 2 aliphatic heterocycles. The smallest absolute Gasteiger partial charge is 0.254 e. The van der Waals surface area contributed by atoms with Crippen LogP contribution in [0.25, 0.3) is 0 Å². The van der Waals surface area contributed by atoms with Crippen LogP contribution >= 0.6 is 11.8 Å². The third kappa shape index (κ3) is 3.25. The highest BCUT2D eigenvalue weighted by Gasteiger charge is 2.47. The lowest BCUT2D eigenvalue weighted by Crippen LogP contribution is -2.49. The van der Waals surface area contributed by atoms with Crippen LogP contribution in [0.2, 0.25) is 0 Å². The zero-order chi connectivity index (χ0) is 19.1. The van der Waals surface area contributed by atoms with Gasteiger partial charge >= 0.3 is 0 Å². The van der Waals surface area contributed by atoms with Crippen LogP contribution < -0.4 is 0 Å². The first-order valence-corrected chi connectivity index (χ1v) is 10.7. The van der Waals surface area contributed by atoms with Crippen molar-refractivity contribution in [2.24, 2.45) is 0 Å². The first kappa shape index (κ1) is 18.4. The molecule has 0 radical (unpaired) electrons. The van der Waals surface area contributed by atoms with Crippen LogP contribution in [-0.4, -0.2) is 57.3 Å². The number of likely N-dealkylation sites (tertiary alicyclic amines) is 2. The summed E-state index contributed by atoms with van der Waals surface area (Å²) < 4.78 is 0. The monoisotopic (exact) mass is 382 g/mol. The Morgan fingerprint density at radius 2 is 1.93 bits per heavy atom. The van der Waals surface area contributed by atoms with Crippen molar-refractivity contribution >= 4 is 17.7 Å². The molecular weight excluding hydrogens is 356 g/mol. The van der Waals surface area contributed by atoms with E-state index in [9.17, 15) is 4.79 Å². The number of carbonyl (C=O) groups excluding carboxylic acids is 1. The normalized spacial score (nSPS) is 23.0. The highest BCUT2D eigenvalue weighted by atomic mass is 32.2. The molecule has 2 bridgehead atoms. The number of aromatic nitrogens is 2. The minimum absolute atomic E-state index is 0.167. The lowest BCUT2D eigenvalue weighted by Gasteiger charge is -2.38. The van der Waals surface area contributed by atoms with Gasteiger partial charge in [-0.25, -0.2) is 0 Å². The standard InChI is InChI=1S/C21H26N4OS/c1-13-14(2)23-22-10-20(13)15(3)24-11-18-9-17(24)12-25(18)21(26)16-5-7-19(27-4)8-6-16/h5-8,10,15,17-18H,9,11-12H2,1-4H3/t15-,17+,18+/m0/s1. The molecule has 3 atom stereocenters. The van der Waals surface area contributed by atoms with Gasteiger partial charge in [-0.15, -0.1) is 11.8 Å². The summed E-state index contributed by atoms with van der Waals surface area (Å²) in [5.41, 5.74) is 4.27. The minimum atomic E-state index is 0.167. The Hall–Kier alpha value is -1.92. The zero-order valence-corrected chi connectivity index (χ0v) is 17.2. The summed E-state index contributed by atoms with van der Waals surface area (Å²) in [6.07, 6.45) is 5.01. The number of piperazine rings is 1. The Bertz CT molecular complexity index is 854. The fourth-order valence-corrected chi connectivity index (χ4v) is 4.89. The number of benzene rings is 1. The Kier molecular flexibility index (Phi) is 4.95. The highest BCUT2D eigenvalue weighted by molar-refractivity contribution is 7.98. The van der Waals surface area contributed by atoms with Crippen molar-refractivity contribution in [2.45, 2.75) is 50.2 Å². The van der Waals surface area contributed by atoms with E-state index in [-0.39, 0.29) is 5.91 Å². The molecule has 0 unspecified atom stereocenters. The predicted molar refractivity (Wildman–Crippen MR) is 108 cm³/mol. The molecule has 1 amide bonds. The molecule has 4 rings (SSSR count). The number of amides is 1. The van der Waals surface area contributed by atoms with Crippen molar-refractivity contribution < 1.29 is 4.79 Å². The van der Waals surface area contributed by atoms with Crippen molar-refractivity contribution in [1.82, 2.24) is 20.0 Å². The maximum atomic E-state index is 13.0. The van der Waals surface area contributed by atoms with Crippen molar-refractivity contribution in [3.8, 4) is 0 Å². The van der Waals surface area contributed by atoms with Gasteiger partial charge in [0.15, 0.2) is 0 Å². The molecule has 3 heterocycles. The molecule has 2 saturated heterocycles. The van der Waals surface area contributed by atoms with E-state index >= 15 is 0 Å². The summed E-state index contributed by atoms with van der Waals surface area (Å²) in [4.78, 5) is 18.8. The van der Waals surface area contributed by atoms with Crippen LogP contribution in [0.4, 0.5) is 0 Å². The maximum Gasteiger partial charge on any atom is 0.254 e. The van der Waals surface area contributed by atoms with E-state index in [0.29, 0.717) is 18.1 Å². The molecule has 2 aliphatic rings. The molecular formula is C21H26N4OS. The number of carbonyl (C=O) groups is 1. The molecule has 1 aromatic carbocycles. The summed E-state index contributed by atoms with van der Waals surface area (Å²) in [5.74, 6) is 0.167. The second-order valence-electron chi connectivity index (χ2n) is 7.61. The van der Waals surface area contributed by atoms with Crippen molar-refractivity contribution in [3.05, 3.63) is 52.8 Å². The van der Waals surface area contributed by atoms with Crippen LogP contribution in [0.5, 0.6) is 0 Å². The number of fused-ring (bicyclic) bond motifs is 2. The summed E-state index contributed by atoms with van der Waals surface area (Å²) in [6, 6.07) is 9.00. The van der Waals surface area contributed by atoms with Gasteiger partial charge in [-0.05, 0) is 68.8 Å².